The maximum absolute atomic E-state index is 14.3. The van der Waals surface area contributed by atoms with Crippen molar-refractivity contribution in [1.29, 1.82) is 0 Å². The van der Waals surface area contributed by atoms with Gasteiger partial charge in [-0.2, -0.15) is 0 Å². The van der Waals surface area contributed by atoms with E-state index in [4.69, 9.17) is 0 Å². The zero-order chi connectivity index (χ0) is 14.8. The third kappa shape index (κ3) is 2.72. The fourth-order valence-corrected chi connectivity index (χ4v) is 3.41. The van der Waals surface area contributed by atoms with E-state index in [0.29, 0.717) is 12.6 Å². The van der Waals surface area contributed by atoms with Crippen molar-refractivity contribution < 1.29 is 9.18 Å². The molecule has 2 N–H and O–H groups in total. The highest BCUT2D eigenvalue weighted by Gasteiger charge is 2.38. The molecule has 21 heavy (non-hydrogen) atoms. The molecule has 2 aliphatic heterocycles. The van der Waals surface area contributed by atoms with Gasteiger partial charge in [-0.1, -0.05) is 0 Å². The number of hydrogen-bond donors (Lipinski definition) is 2. The van der Waals surface area contributed by atoms with E-state index in [9.17, 15) is 9.18 Å². The molecule has 2 aliphatic rings. The first-order chi connectivity index (χ1) is 10.2. The number of rotatable bonds is 4. The van der Waals surface area contributed by atoms with Gasteiger partial charge in [0.25, 0.3) is 5.91 Å². The van der Waals surface area contributed by atoms with Crippen LogP contribution in [0.25, 0.3) is 0 Å². The summed E-state index contributed by atoms with van der Waals surface area (Å²) in [7, 11) is 0. The van der Waals surface area contributed by atoms with Crippen LogP contribution in [0.5, 0.6) is 0 Å². The Labute approximate surface area is 123 Å². The minimum atomic E-state index is -0.571. The zero-order valence-corrected chi connectivity index (χ0v) is 12.2. The van der Waals surface area contributed by atoms with E-state index in [1.54, 1.807) is 0 Å². The van der Waals surface area contributed by atoms with E-state index < -0.39 is 5.82 Å². The first-order valence-electron chi connectivity index (χ1n) is 7.64. The fourth-order valence-electron chi connectivity index (χ4n) is 3.41. The Morgan fingerprint density at radius 1 is 1.48 bits per heavy atom. The summed E-state index contributed by atoms with van der Waals surface area (Å²) in [4.78, 5) is 18.7. The van der Waals surface area contributed by atoms with E-state index in [1.807, 2.05) is 6.92 Å². The van der Waals surface area contributed by atoms with Gasteiger partial charge in [0.2, 0.25) is 0 Å². The lowest BCUT2D eigenvalue weighted by Crippen LogP contribution is -2.42. The van der Waals surface area contributed by atoms with Gasteiger partial charge < -0.3 is 10.6 Å². The zero-order valence-electron chi connectivity index (χ0n) is 12.2. The van der Waals surface area contributed by atoms with Crippen LogP contribution < -0.4 is 10.6 Å². The summed E-state index contributed by atoms with van der Waals surface area (Å²) < 4.78 is 14.3. The molecule has 0 bridgehead atoms. The van der Waals surface area contributed by atoms with Crippen molar-refractivity contribution in [2.24, 2.45) is 0 Å². The van der Waals surface area contributed by atoms with Gasteiger partial charge in [0.1, 0.15) is 0 Å². The summed E-state index contributed by atoms with van der Waals surface area (Å²) >= 11 is 0. The van der Waals surface area contributed by atoms with Crippen molar-refractivity contribution in [3.05, 3.63) is 23.6 Å². The molecule has 3 rings (SSSR count). The van der Waals surface area contributed by atoms with Crippen molar-refractivity contribution in [3.63, 3.8) is 0 Å². The molecule has 5 nitrogen and oxygen atoms in total. The normalized spacial score (nSPS) is 24.9. The van der Waals surface area contributed by atoms with Crippen LogP contribution >= 0.6 is 0 Å². The van der Waals surface area contributed by atoms with E-state index >= 15 is 0 Å². The summed E-state index contributed by atoms with van der Waals surface area (Å²) in [5, 5.41) is 5.83. The predicted molar refractivity (Wildman–Crippen MR) is 78.8 cm³/mol. The van der Waals surface area contributed by atoms with Crippen molar-refractivity contribution in [2.45, 2.75) is 38.3 Å². The van der Waals surface area contributed by atoms with E-state index in [-0.39, 0.29) is 23.3 Å². The molecule has 2 unspecified atom stereocenters. The highest BCUT2D eigenvalue weighted by atomic mass is 19.1. The maximum atomic E-state index is 14.3. The molecule has 1 aromatic heterocycles. The van der Waals surface area contributed by atoms with Gasteiger partial charge in [-0.05, 0) is 38.8 Å². The second kappa shape index (κ2) is 5.97. The first kappa shape index (κ1) is 14.3. The molecule has 1 amide bonds. The van der Waals surface area contributed by atoms with Crippen molar-refractivity contribution in [2.75, 3.05) is 25.0 Å². The van der Waals surface area contributed by atoms with Crippen LogP contribution in [0.15, 0.2) is 12.3 Å². The molecule has 2 saturated heterocycles. The predicted octanol–water partition coefficient (Wildman–Crippen LogP) is 1.62. The van der Waals surface area contributed by atoms with Crippen LogP contribution in [0.2, 0.25) is 0 Å². The quantitative estimate of drug-likeness (QED) is 0.885. The molecule has 0 radical (unpaired) electrons. The van der Waals surface area contributed by atoms with Gasteiger partial charge in [-0.25, -0.2) is 9.37 Å². The van der Waals surface area contributed by atoms with Crippen LogP contribution in [-0.4, -0.2) is 47.5 Å². The van der Waals surface area contributed by atoms with Gasteiger partial charge in [0, 0.05) is 31.4 Å². The number of anilines is 1. The van der Waals surface area contributed by atoms with Crippen LogP contribution in [0.3, 0.4) is 0 Å². The van der Waals surface area contributed by atoms with Gasteiger partial charge in [-0.3, -0.25) is 9.69 Å². The number of hydrogen-bond acceptors (Lipinski definition) is 4. The van der Waals surface area contributed by atoms with Crippen LogP contribution in [0.4, 0.5) is 10.2 Å². The average Bonchev–Trinajstić information content (AvgIpc) is 3.06. The van der Waals surface area contributed by atoms with E-state index in [1.165, 1.54) is 18.7 Å². The molecule has 0 aromatic carbocycles. The molecule has 2 fully saturated rings. The summed E-state index contributed by atoms with van der Waals surface area (Å²) in [6, 6.07) is 2.00. The van der Waals surface area contributed by atoms with Gasteiger partial charge in [-0.15, -0.1) is 0 Å². The smallest absolute Gasteiger partial charge is 0.254 e. The number of aromatic nitrogens is 1. The highest BCUT2D eigenvalue weighted by Crippen LogP contribution is 2.28. The minimum absolute atomic E-state index is 0.0670. The molecular formula is C15H21FN4O. The Balaban J connectivity index is 1.72. The number of nitrogens with one attached hydrogen (secondary N) is 2. The lowest BCUT2D eigenvalue weighted by molar-refractivity contribution is 0.0925. The first-order valence-corrected chi connectivity index (χ1v) is 7.64. The van der Waals surface area contributed by atoms with E-state index in [2.05, 4.69) is 20.5 Å². The molecular weight excluding hydrogens is 271 g/mol. The SMILES string of the molecule is CCNc1nccc(C(=O)NC2CCN3CCCC23)c1F. The monoisotopic (exact) mass is 292 g/mol. The third-order valence-electron chi connectivity index (χ3n) is 4.40. The largest absolute Gasteiger partial charge is 0.368 e. The molecule has 3 heterocycles. The second-order valence-electron chi connectivity index (χ2n) is 5.67. The number of nitrogens with zero attached hydrogens (tertiary/aromatic N) is 2. The standard InChI is InChI=1S/C15H21FN4O/c1-2-17-14-13(16)10(5-7-18-14)15(21)19-11-6-9-20-8-3-4-12(11)20/h5,7,11-12H,2-4,6,8-9H2,1H3,(H,17,18)(H,19,21). The van der Waals surface area contributed by atoms with E-state index in [0.717, 1.165) is 25.9 Å². The number of carbonyl (C=O) groups is 1. The molecule has 2 atom stereocenters. The number of pyridine rings is 1. The summed E-state index contributed by atoms with van der Waals surface area (Å²) in [5.41, 5.74) is 0.0670. The number of amides is 1. The summed E-state index contributed by atoms with van der Waals surface area (Å²) in [6.45, 7) is 4.57. The number of halogens is 1. The Bertz CT molecular complexity index is 536. The molecule has 0 saturated carbocycles. The topological polar surface area (TPSA) is 57.3 Å². The van der Waals surface area contributed by atoms with Crippen LogP contribution in [-0.2, 0) is 0 Å². The third-order valence-corrected chi connectivity index (χ3v) is 4.40. The fraction of sp³-hybridized carbons (Fsp3) is 0.600. The molecule has 114 valence electrons. The second-order valence-corrected chi connectivity index (χ2v) is 5.67. The Morgan fingerprint density at radius 3 is 3.14 bits per heavy atom. The Hall–Kier alpha value is -1.69. The molecule has 0 aliphatic carbocycles. The summed E-state index contributed by atoms with van der Waals surface area (Å²) in [5.74, 6) is -0.773. The minimum Gasteiger partial charge on any atom is -0.368 e. The van der Waals surface area contributed by atoms with Gasteiger partial charge in [0.15, 0.2) is 11.6 Å². The molecule has 0 spiro atoms. The molecule has 1 aromatic rings. The summed E-state index contributed by atoms with van der Waals surface area (Å²) in [6.07, 6.45) is 4.72. The van der Waals surface area contributed by atoms with Crippen molar-refractivity contribution in [3.8, 4) is 0 Å². The van der Waals surface area contributed by atoms with Crippen LogP contribution in [0, 0.1) is 5.82 Å². The van der Waals surface area contributed by atoms with Crippen LogP contribution in [0.1, 0.15) is 36.5 Å². The molecule has 6 heteroatoms. The van der Waals surface area contributed by atoms with Crippen molar-refractivity contribution >= 4 is 11.7 Å². The highest BCUT2D eigenvalue weighted by molar-refractivity contribution is 5.95. The van der Waals surface area contributed by atoms with Gasteiger partial charge >= 0.3 is 0 Å². The Kier molecular flexibility index (Phi) is 4.05. The Morgan fingerprint density at radius 2 is 2.33 bits per heavy atom. The van der Waals surface area contributed by atoms with Crippen molar-refractivity contribution in [1.82, 2.24) is 15.2 Å². The average molecular weight is 292 g/mol. The number of carbonyl (C=O) groups excluding carboxylic acids is 1. The lowest BCUT2D eigenvalue weighted by atomic mass is 10.1. The maximum Gasteiger partial charge on any atom is 0.254 e. The lowest BCUT2D eigenvalue weighted by Gasteiger charge is -2.21. The number of fused-ring (bicyclic) bond motifs is 1. The van der Waals surface area contributed by atoms with Gasteiger partial charge in [0.05, 0.1) is 5.56 Å².